The summed E-state index contributed by atoms with van der Waals surface area (Å²) in [5, 5.41) is 4.91. The molecule has 0 spiro atoms. The first-order valence-electron chi connectivity index (χ1n) is 8.41. The van der Waals surface area contributed by atoms with Gasteiger partial charge in [-0.05, 0) is 31.5 Å². The number of hydrogen-bond donors (Lipinski definition) is 0. The second kappa shape index (κ2) is 7.83. The zero-order valence-electron chi connectivity index (χ0n) is 15.2. The maximum Gasteiger partial charge on any atom is 0.422 e. The van der Waals surface area contributed by atoms with Crippen LogP contribution in [0.1, 0.15) is 28.7 Å². The van der Waals surface area contributed by atoms with E-state index in [0.717, 1.165) is 0 Å². The summed E-state index contributed by atoms with van der Waals surface area (Å²) in [7, 11) is 0. The highest BCUT2D eigenvalue weighted by Crippen LogP contribution is 2.21. The highest BCUT2D eigenvalue weighted by molar-refractivity contribution is 6.01. The zero-order chi connectivity index (χ0) is 20.3. The molecule has 0 aliphatic heterocycles. The molecule has 3 aromatic rings. The lowest BCUT2D eigenvalue weighted by atomic mass is 10.2. The van der Waals surface area contributed by atoms with Crippen LogP contribution in [-0.4, -0.2) is 45.1 Å². The maximum absolute atomic E-state index is 12.4. The number of hydrogen-bond acceptors (Lipinski definition) is 6. The molecule has 3 heterocycles. The third kappa shape index (κ3) is 4.76. The van der Waals surface area contributed by atoms with Gasteiger partial charge in [0, 0.05) is 24.2 Å². The van der Waals surface area contributed by atoms with Gasteiger partial charge in [-0.15, -0.1) is 0 Å². The minimum atomic E-state index is -4.44. The topological polar surface area (TPSA) is 79.1 Å². The Balaban J connectivity index is 1.85. The molecule has 3 aromatic heterocycles. The van der Waals surface area contributed by atoms with Crippen molar-refractivity contribution in [3.8, 4) is 5.88 Å². The Kier molecular flexibility index (Phi) is 5.48. The molecule has 0 fully saturated rings. The summed E-state index contributed by atoms with van der Waals surface area (Å²) in [6, 6.07) is 4.80. The summed E-state index contributed by atoms with van der Waals surface area (Å²) in [6.07, 6.45) is -1.34. The Bertz CT molecular complexity index is 1000. The van der Waals surface area contributed by atoms with Crippen LogP contribution in [0, 0.1) is 6.92 Å². The molecule has 0 N–H and O–H groups in total. The molecule has 0 saturated heterocycles. The van der Waals surface area contributed by atoms with Crippen molar-refractivity contribution >= 4 is 16.9 Å². The number of aromatic nitrogens is 4. The largest absolute Gasteiger partial charge is 0.468 e. The second-order valence-electron chi connectivity index (χ2n) is 6.00. The monoisotopic (exact) mass is 394 g/mol. The first kappa shape index (κ1) is 19.6. The number of rotatable bonds is 6. The molecule has 0 bridgehead atoms. The van der Waals surface area contributed by atoms with Crippen molar-refractivity contribution < 1.29 is 27.4 Å². The number of esters is 1. The van der Waals surface area contributed by atoms with Gasteiger partial charge in [-0.2, -0.15) is 18.3 Å². The average molecular weight is 394 g/mol. The minimum Gasteiger partial charge on any atom is -0.468 e. The zero-order valence-corrected chi connectivity index (χ0v) is 15.2. The predicted molar refractivity (Wildman–Crippen MR) is 93.1 cm³/mol. The summed E-state index contributed by atoms with van der Waals surface area (Å²) in [5.74, 6) is -0.659. The molecule has 0 atom stereocenters. The fourth-order valence-corrected chi connectivity index (χ4v) is 2.65. The Labute approximate surface area is 158 Å². The summed E-state index contributed by atoms with van der Waals surface area (Å²) in [6.45, 7) is 2.42. The van der Waals surface area contributed by atoms with Crippen LogP contribution in [0.3, 0.4) is 0 Å². The number of fused-ring (bicyclic) bond motifs is 1. The highest BCUT2D eigenvalue weighted by Gasteiger charge is 2.28. The first-order valence-corrected chi connectivity index (χ1v) is 8.41. The van der Waals surface area contributed by atoms with E-state index in [4.69, 9.17) is 9.47 Å². The fraction of sp³-hybridized carbons (Fsp3) is 0.333. The van der Waals surface area contributed by atoms with Crippen molar-refractivity contribution in [1.29, 1.82) is 0 Å². The van der Waals surface area contributed by atoms with E-state index < -0.39 is 18.8 Å². The van der Waals surface area contributed by atoms with Gasteiger partial charge in [-0.1, -0.05) is 0 Å². The summed E-state index contributed by atoms with van der Waals surface area (Å²) in [4.78, 5) is 20.0. The first-order chi connectivity index (χ1) is 13.2. The van der Waals surface area contributed by atoms with Crippen LogP contribution >= 0.6 is 0 Å². The molecule has 10 heteroatoms. The van der Waals surface area contributed by atoms with E-state index >= 15 is 0 Å². The molecule has 28 heavy (non-hydrogen) atoms. The van der Waals surface area contributed by atoms with Crippen LogP contribution in [0.2, 0.25) is 0 Å². The van der Waals surface area contributed by atoms with E-state index in [-0.39, 0.29) is 24.7 Å². The lowest BCUT2D eigenvalue weighted by Gasteiger charge is -2.10. The van der Waals surface area contributed by atoms with E-state index in [9.17, 15) is 18.0 Å². The third-order valence-electron chi connectivity index (χ3n) is 3.67. The van der Waals surface area contributed by atoms with Gasteiger partial charge < -0.3 is 9.47 Å². The van der Waals surface area contributed by atoms with E-state index in [2.05, 4.69) is 15.1 Å². The molecule has 0 amide bonds. The Morgan fingerprint density at radius 1 is 1.29 bits per heavy atom. The molecule has 0 aliphatic carbocycles. The lowest BCUT2D eigenvalue weighted by molar-refractivity contribution is -0.154. The summed E-state index contributed by atoms with van der Waals surface area (Å²) < 4.78 is 48.4. The van der Waals surface area contributed by atoms with Gasteiger partial charge in [0.2, 0.25) is 5.88 Å². The number of halogens is 3. The van der Waals surface area contributed by atoms with Crippen molar-refractivity contribution in [2.24, 2.45) is 0 Å². The number of carbonyl (C=O) groups is 1. The molecule has 0 saturated carbocycles. The van der Waals surface area contributed by atoms with Crippen molar-refractivity contribution in [2.45, 2.75) is 26.6 Å². The SMILES string of the molecule is CCOC(=O)c1nccc2nn(Cc3cc(C)nc(OCC(F)(F)F)c3)cc12. The average Bonchev–Trinajstić information content (AvgIpc) is 3.01. The van der Waals surface area contributed by atoms with Gasteiger partial charge in [0.15, 0.2) is 12.3 Å². The van der Waals surface area contributed by atoms with Crippen molar-refractivity contribution in [3.63, 3.8) is 0 Å². The van der Waals surface area contributed by atoms with E-state index in [1.165, 1.54) is 12.3 Å². The molecular formula is C18H17F3N4O3. The van der Waals surface area contributed by atoms with Gasteiger partial charge in [0.05, 0.1) is 24.1 Å². The van der Waals surface area contributed by atoms with Crippen LogP contribution < -0.4 is 4.74 Å². The Hall–Kier alpha value is -3.17. The smallest absolute Gasteiger partial charge is 0.422 e. The van der Waals surface area contributed by atoms with Crippen LogP contribution in [0.5, 0.6) is 5.88 Å². The van der Waals surface area contributed by atoms with Crippen LogP contribution in [0.4, 0.5) is 13.2 Å². The van der Waals surface area contributed by atoms with Crippen molar-refractivity contribution in [2.75, 3.05) is 13.2 Å². The van der Waals surface area contributed by atoms with E-state index in [1.807, 2.05) is 0 Å². The van der Waals surface area contributed by atoms with Gasteiger partial charge in [0.25, 0.3) is 0 Å². The molecule has 148 valence electrons. The molecule has 0 unspecified atom stereocenters. The molecule has 3 rings (SSSR count). The number of ether oxygens (including phenoxy) is 2. The predicted octanol–water partition coefficient (Wildman–Crippen LogP) is 3.30. The van der Waals surface area contributed by atoms with E-state index in [0.29, 0.717) is 22.2 Å². The quantitative estimate of drug-likeness (QED) is 0.597. The Morgan fingerprint density at radius 2 is 2.07 bits per heavy atom. The van der Waals surface area contributed by atoms with Crippen LogP contribution in [0.15, 0.2) is 30.6 Å². The van der Waals surface area contributed by atoms with Crippen LogP contribution in [-0.2, 0) is 11.3 Å². The van der Waals surface area contributed by atoms with Gasteiger partial charge in [-0.25, -0.2) is 14.8 Å². The number of pyridine rings is 2. The van der Waals surface area contributed by atoms with Gasteiger partial charge in [-0.3, -0.25) is 4.68 Å². The minimum absolute atomic E-state index is 0.113. The number of carbonyl (C=O) groups excluding carboxylic acids is 1. The van der Waals surface area contributed by atoms with E-state index in [1.54, 1.807) is 36.9 Å². The maximum atomic E-state index is 12.4. The fourth-order valence-electron chi connectivity index (χ4n) is 2.65. The summed E-state index contributed by atoms with van der Waals surface area (Å²) in [5.41, 5.74) is 1.88. The molecule has 0 aliphatic rings. The molecule has 0 radical (unpaired) electrons. The number of aryl methyl sites for hydroxylation is 1. The lowest BCUT2D eigenvalue weighted by Crippen LogP contribution is -2.19. The molecule has 0 aromatic carbocycles. The van der Waals surface area contributed by atoms with Crippen molar-refractivity contribution in [3.05, 3.63) is 47.5 Å². The van der Waals surface area contributed by atoms with Gasteiger partial charge in [0.1, 0.15) is 0 Å². The standard InChI is InChI=1S/C18H17F3N4O3/c1-3-27-17(26)16-13-9-25(24-14(13)4-5-22-16)8-12-6-11(2)23-15(7-12)28-10-18(19,20)21/h4-7,9H,3,8,10H2,1-2H3. The summed E-state index contributed by atoms with van der Waals surface area (Å²) >= 11 is 0. The molecular weight excluding hydrogens is 377 g/mol. The third-order valence-corrected chi connectivity index (χ3v) is 3.67. The number of alkyl halides is 3. The number of nitrogens with zero attached hydrogens (tertiary/aromatic N) is 4. The molecule has 7 nitrogen and oxygen atoms in total. The highest BCUT2D eigenvalue weighted by atomic mass is 19.4. The van der Waals surface area contributed by atoms with Gasteiger partial charge >= 0.3 is 12.1 Å². The normalized spacial score (nSPS) is 11.6. The van der Waals surface area contributed by atoms with Crippen molar-refractivity contribution in [1.82, 2.24) is 19.7 Å². The Morgan fingerprint density at radius 3 is 2.79 bits per heavy atom. The second-order valence-corrected chi connectivity index (χ2v) is 6.00. The van der Waals surface area contributed by atoms with Crippen LogP contribution in [0.25, 0.3) is 10.9 Å².